The molecule has 0 fully saturated rings. The van der Waals surface area contributed by atoms with E-state index in [1.54, 1.807) is 12.1 Å². The predicted octanol–water partition coefficient (Wildman–Crippen LogP) is 3.64. The average Bonchev–Trinajstić information content (AvgIpc) is 2.20. The van der Waals surface area contributed by atoms with Gasteiger partial charge in [0.15, 0.2) is 0 Å². The van der Waals surface area contributed by atoms with E-state index < -0.39 is 0 Å². The van der Waals surface area contributed by atoms with Crippen LogP contribution in [0, 0.1) is 0 Å². The van der Waals surface area contributed by atoms with Gasteiger partial charge in [-0.2, -0.15) is 0 Å². The van der Waals surface area contributed by atoms with Crippen molar-refractivity contribution in [2.24, 2.45) is 0 Å². The fourth-order valence-corrected chi connectivity index (χ4v) is 0.816. The Hall–Kier alpha value is -1.63. The Bertz CT molecular complexity index is 296. The van der Waals surface area contributed by atoms with E-state index in [4.69, 9.17) is 0 Å². The van der Waals surface area contributed by atoms with Crippen molar-refractivity contribution in [3.8, 4) is 0 Å². The van der Waals surface area contributed by atoms with E-state index >= 15 is 0 Å². The zero-order valence-corrected chi connectivity index (χ0v) is 8.73. The van der Waals surface area contributed by atoms with Crippen LogP contribution in [0.2, 0.25) is 0 Å². The van der Waals surface area contributed by atoms with Crippen LogP contribution in [-0.2, 0) is 0 Å². The molecule has 0 bridgehead atoms. The maximum atomic E-state index is 10.0. The molecule has 0 aliphatic heterocycles. The van der Waals surface area contributed by atoms with E-state index in [1.807, 2.05) is 44.2 Å². The summed E-state index contributed by atoms with van der Waals surface area (Å²) >= 11 is 0. The maximum absolute atomic E-state index is 10.0. The third-order valence-electron chi connectivity index (χ3n) is 1.39. The number of benzene rings is 1. The third kappa shape index (κ3) is 7.04. The number of rotatable bonds is 2. The Morgan fingerprint density at radius 1 is 1.29 bits per heavy atom. The minimum absolute atomic E-state index is 0.729. The molecule has 0 saturated carbocycles. The fraction of sp³-hybridized carbons (Fsp3) is 0.154. The smallest absolute Gasteiger partial charge is 0.150 e. The molecule has 74 valence electrons. The van der Waals surface area contributed by atoms with Gasteiger partial charge >= 0.3 is 0 Å². The molecule has 0 N–H and O–H groups in total. The molecule has 0 saturated heterocycles. The summed E-state index contributed by atoms with van der Waals surface area (Å²) in [7, 11) is 0. The van der Waals surface area contributed by atoms with Crippen LogP contribution in [0.5, 0.6) is 0 Å². The van der Waals surface area contributed by atoms with Crippen molar-refractivity contribution in [3.05, 3.63) is 60.2 Å². The molecule has 0 aliphatic rings. The van der Waals surface area contributed by atoms with Gasteiger partial charge in [-0.15, -0.1) is 0 Å². The Morgan fingerprint density at radius 3 is 2.07 bits per heavy atom. The molecule has 0 spiro atoms. The number of carbonyl (C=O) groups excluding carboxylic acids is 1. The van der Waals surface area contributed by atoms with Crippen LogP contribution < -0.4 is 0 Å². The summed E-state index contributed by atoms with van der Waals surface area (Å²) in [5.74, 6) is 0. The molecule has 1 rings (SSSR count). The van der Waals surface area contributed by atoms with Gasteiger partial charge in [-0.3, -0.25) is 4.79 Å². The molecule has 0 radical (unpaired) electrons. The van der Waals surface area contributed by atoms with Crippen molar-refractivity contribution in [2.75, 3.05) is 0 Å². The molecule has 0 aliphatic carbocycles. The van der Waals surface area contributed by atoms with Gasteiger partial charge in [0.1, 0.15) is 6.29 Å². The second kappa shape index (κ2) is 7.99. The standard InChI is InChI=1S/C7H6O.C6H10/c8-6-7-4-2-1-3-5-7;1-4-5-6(2)3/h1-6H;4-5H,2H2,1,3H3. The molecular weight excluding hydrogens is 172 g/mol. The summed E-state index contributed by atoms with van der Waals surface area (Å²) < 4.78 is 0. The van der Waals surface area contributed by atoms with Crippen molar-refractivity contribution >= 4 is 6.29 Å². The van der Waals surface area contributed by atoms with E-state index in [2.05, 4.69) is 6.58 Å². The van der Waals surface area contributed by atoms with Crippen molar-refractivity contribution in [1.82, 2.24) is 0 Å². The van der Waals surface area contributed by atoms with Crippen LogP contribution in [0.1, 0.15) is 24.2 Å². The maximum Gasteiger partial charge on any atom is 0.150 e. The van der Waals surface area contributed by atoms with Gasteiger partial charge < -0.3 is 0 Å². The Balaban J connectivity index is 0.000000255. The Morgan fingerprint density at radius 2 is 1.86 bits per heavy atom. The van der Waals surface area contributed by atoms with E-state index in [1.165, 1.54) is 0 Å². The van der Waals surface area contributed by atoms with E-state index in [0.29, 0.717) is 0 Å². The number of allylic oxidation sites excluding steroid dienone is 3. The van der Waals surface area contributed by atoms with Crippen molar-refractivity contribution in [2.45, 2.75) is 13.8 Å². The molecule has 0 unspecified atom stereocenters. The number of hydrogen-bond donors (Lipinski definition) is 0. The normalized spacial score (nSPS) is 9.00. The lowest BCUT2D eigenvalue weighted by Crippen LogP contribution is -1.73. The van der Waals surface area contributed by atoms with Crippen LogP contribution in [0.25, 0.3) is 0 Å². The first-order valence-corrected chi connectivity index (χ1v) is 4.49. The Kier molecular flexibility index (Phi) is 7.06. The van der Waals surface area contributed by atoms with Gasteiger partial charge in [-0.1, -0.05) is 54.6 Å². The number of hydrogen-bond acceptors (Lipinski definition) is 1. The lowest BCUT2D eigenvalue weighted by atomic mass is 10.2. The Labute approximate surface area is 85.8 Å². The fourth-order valence-electron chi connectivity index (χ4n) is 0.816. The molecule has 0 heterocycles. The topological polar surface area (TPSA) is 17.1 Å². The van der Waals surface area contributed by atoms with Crippen LogP contribution in [0.15, 0.2) is 54.6 Å². The highest BCUT2D eigenvalue weighted by Gasteiger charge is 1.79. The molecule has 0 amide bonds. The molecule has 0 atom stereocenters. The second-order valence-corrected chi connectivity index (χ2v) is 2.87. The molecule has 1 aromatic rings. The SMILES string of the molecule is C=C(C)C=CC.O=Cc1ccccc1. The minimum Gasteiger partial charge on any atom is -0.298 e. The number of aldehydes is 1. The first-order chi connectivity index (χ1) is 6.70. The van der Waals surface area contributed by atoms with E-state index in [0.717, 1.165) is 17.4 Å². The summed E-state index contributed by atoms with van der Waals surface area (Å²) in [4.78, 5) is 10.0. The zero-order valence-electron chi connectivity index (χ0n) is 8.73. The highest BCUT2D eigenvalue weighted by Crippen LogP contribution is 1.91. The first kappa shape index (κ1) is 12.4. The average molecular weight is 188 g/mol. The van der Waals surface area contributed by atoms with Gasteiger partial charge in [0, 0.05) is 5.56 Å². The summed E-state index contributed by atoms with van der Waals surface area (Å²) in [5.41, 5.74) is 1.84. The van der Waals surface area contributed by atoms with Crippen LogP contribution in [0.4, 0.5) is 0 Å². The van der Waals surface area contributed by atoms with Crippen LogP contribution in [-0.4, -0.2) is 6.29 Å². The molecule has 1 aromatic carbocycles. The predicted molar refractivity (Wildman–Crippen MR) is 61.5 cm³/mol. The summed E-state index contributed by atoms with van der Waals surface area (Å²) in [6.07, 6.45) is 4.78. The van der Waals surface area contributed by atoms with Crippen LogP contribution in [0.3, 0.4) is 0 Å². The second-order valence-electron chi connectivity index (χ2n) is 2.87. The highest BCUT2D eigenvalue weighted by molar-refractivity contribution is 5.74. The molecule has 1 nitrogen and oxygen atoms in total. The van der Waals surface area contributed by atoms with Crippen molar-refractivity contribution < 1.29 is 4.79 Å². The van der Waals surface area contributed by atoms with Crippen molar-refractivity contribution in [3.63, 3.8) is 0 Å². The monoisotopic (exact) mass is 188 g/mol. The van der Waals surface area contributed by atoms with Gasteiger partial charge in [0.2, 0.25) is 0 Å². The zero-order chi connectivity index (χ0) is 10.8. The lowest BCUT2D eigenvalue weighted by Gasteiger charge is -1.81. The quantitative estimate of drug-likeness (QED) is 0.511. The van der Waals surface area contributed by atoms with Gasteiger partial charge in [0.05, 0.1) is 0 Å². The molecule has 1 heteroatoms. The van der Waals surface area contributed by atoms with Gasteiger partial charge in [0.25, 0.3) is 0 Å². The summed E-state index contributed by atoms with van der Waals surface area (Å²) in [5, 5.41) is 0. The third-order valence-corrected chi connectivity index (χ3v) is 1.39. The largest absolute Gasteiger partial charge is 0.298 e. The van der Waals surface area contributed by atoms with Gasteiger partial charge in [-0.25, -0.2) is 0 Å². The summed E-state index contributed by atoms with van der Waals surface area (Å²) in [6, 6.07) is 9.10. The highest BCUT2D eigenvalue weighted by atomic mass is 16.1. The minimum atomic E-state index is 0.729. The van der Waals surface area contributed by atoms with Crippen LogP contribution >= 0.6 is 0 Å². The first-order valence-electron chi connectivity index (χ1n) is 4.49. The van der Waals surface area contributed by atoms with E-state index in [9.17, 15) is 4.79 Å². The number of carbonyl (C=O) groups is 1. The molecular formula is C13H16O. The van der Waals surface area contributed by atoms with Gasteiger partial charge in [-0.05, 0) is 13.8 Å². The molecule has 0 aromatic heterocycles. The molecule has 14 heavy (non-hydrogen) atoms. The lowest BCUT2D eigenvalue weighted by molar-refractivity contribution is 0.112. The van der Waals surface area contributed by atoms with Crippen molar-refractivity contribution in [1.29, 1.82) is 0 Å². The summed E-state index contributed by atoms with van der Waals surface area (Å²) in [6.45, 7) is 7.61. The van der Waals surface area contributed by atoms with E-state index in [-0.39, 0.29) is 0 Å².